The molecule has 102 valence electrons. The molecule has 0 heterocycles. The molecular weight excluding hydrogens is 256 g/mol. The van der Waals surface area contributed by atoms with Crippen molar-refractivity contribution in [3.8, 4) is 5.75 Å². The van der Waals surface area contributed by atoms with Crippen molar-refractivity contribution in [3.05, 3.63) is 70.3 Å². The van der Waals surface area contributed by atoms with Crippen LogP contribution in [0.25, 0.3) is 0 Å². The van der Waals surface area contributed by atoms with Gasteiger partial charge in [-0.2, -0.15) is 0 Å². The van der Waals surface area contributed by atoms with Crippen LogP contribution in [0.3, 0.4) is 0 Å². The standard InChI is InChI=1S/C15H14N2O3/c1-11-5-3-4-6-14(11)16(2)10-12-9-13(17(19)20)7-8-15(12)18/h3-10,18H,2H2,1H3. The Labute approximate surface area is 116 Å². The molecule has 0 unspecified atom stereocenters. The lowest BCUT2D eigenvalue weighted by atomic mass is 10.1. The Morgan fingerprint density at radius 2 is 1.95 bits per heavy atom. The van der Waals surface area contributed by atoms with Gasteiger partial charge in [-0.05, 0) is 36.2 Å². The Hall–Kier alpha value is -2.82. The number of hydrogen-bond acceptors (Lipinski definition) is 3. The third kappa shape index (κ3) is 2.77. The van der Waals surface area contributed by atoms with E-state index in [-0.39, 0.29) is 11.4 Å². The predicted molar refractivity (Wildman–Crippen MR) is 76.4 cm³/mol. The fourth-order valence-corrected chi connectivity index (χ4v) is 1.88. The molecule has 0 amide bonds. The molecule has 0 atom stereocenters. The summed E-state index contributed by atoms with van der Waals surface area (Å²) < 4.78 is 1.58. The fourth-order valence-electron chi connectivity index (χ4n) is 1.88. The maximum Gasteiger partial charge on any atom is 0.238 e. The molecule has 0 radical (unpaired) electrons. The smallest absolute Gasteiger partial charge is 0.238 e. The fraction of sp³-hybridized carbons (Fsp3) is 0.0667. The molecule has 0 fully saturated rings. The minimum Gasteiger partial charge on any atom is -0.542 e. The van der Waals surface area contributed by atoms with Gasteiger partial charge in [-0.3, -0.25) is 14.7 Å². The Morgan fingerprint density at radius 3 is 2.60 bits per heavy atom. The molecule has 0 aliphatic carbocycles. The van der Waals surface area contributed by atoms with Gasteiger partial charge in [-0.1, -0.05) is 18.2 Å². The predicted octanol–water partition coefficient (Wildman–Crippen LogP) is 3.16. The summed E-state index contributed by atoms with van der Waals surface area (Å²) in [5.41, 5.74) is 2.15. The average molecular weight is 270 g/mol. The van der Waals surface area contributed by atoms with Gasteiger partial charge in [-0.25, -0.2) is 0 Å². The van der Waals surface area contributed by atoms with E-state index in [0.29, 0.717) is 5.56 Å². The van der Waals surface area contributed by atoms with Crippen LogP contribution >= 0.6 is 0 Å². The van der Waals surface area contributed by atoms with E-state index in [1.165, 1.54) is 18.2 Å². The number of benzene rings is 2. The minimum atomic E-state index is -0.502. The lowest BCUT2D eigenvalue weighted by molar-refractivity contribution is -0.386. The van der Waals surface area contributed by atoms with Crippen LogP contribution < -0.4 is 0 Å². The molecule has 0 spiro atoms. The highest BCUT2D eigenvalue weighted by Crippen LogP contribution is 2.27. The largest absolute Gasteiger partial charge is 0.542 e. The number of nitro benzene ring substituents is 1. The molecule has 2 aromatic carbocycles. The van der Waals surface area contributed by atoms with Crippen molar-refractivity contribution in [3.63, 3.8) is 0 Å². The van der Waals surface area contributed by atoms with Crippen molar-refractivity contribution in [1.29, 1.82) is 0 Å². The number of phenols is 1. The highest BCUT2D eigenvalue weighted by Gasteiger charge is 2.11. The first-order valence-electron chi connectivity index (χ1n) is 5.96. The van der Waals surface area contributed by atoms with E-state index in [1.54, 1.807) is 11.1 Å². The van der Waals surface area contributed by atoms with E-state index in [0.717, 1.165) is 11.3 Å². The summed E-state index contributed by atoms with van der Waals surface area (Å²) in [5.74, 6) is -0.0298. The number of phenolic OH excluding ortho intramolecular Hbond substituents is 1. The third-order valence-corrected chi connectivity index (χ3v) is 2.94. The number of nitro groups is 1. The number of hydrogen-bond donors (Lipinski definition) is 1. The highest BCUT2D eigenvalue weighted by atomic mass is 16.6. The van der Waals surface area contributed by atoms with E-state index >= 15 is 0 Å². The number of nitrogens with zero attached hydrogens (tertiary/aromatic N) is 2. The zero-order valence-electron chi connectivity index (χ0n) is 11.0. The third-order valence-electron chi connectivity index (χ3n) is 2.94. The van der Waals surface area contributed by atoms with Crippen LogP contribution in [0.15, 0.2) is 42.5 Å². The summed E-state index contributed by atoms with van der Waals surface area (Å²) in [6.07, 6.45) is 0. The zero-order valence-corrected chi connectivity index (χ0v) is 11.0. The van der Waals surface area contributed by atoms with Crippen molar-refractivity contribution >= 4 is 18.1 Å². The molecule has 0 saturated heterocycles. The molecule has 5 heteroatoms. The highest BCUT2D eigenvalue weighted by molar-refractivity contribution is 5.48. The van der Waals surface area contributed by atoms with Gasteiger partial charge in [0.05, 0.1) is 17.4 Å². The SMILES string of the molecule is C=[N+]([CH-]c1cc([N+](=O)[O-])ccc1O)c1ccccc1C. The molecule has 2 rings (SSSR count). The van der Waals surface area contributed by atoms with Crippen LogP contribution in [0, 0.1) is 23.6 Å². The van der Waals surface area contributed by atoms with Gasteiger partial charge in [0.15, 0.2) is 5.69 Å². The molecule has 5 nitrogen and oxygen atoms in total. The topological polar surface area (TPSA) is 66.4 Å². The van der Waals surface area contributed by atoms with E-state index in [9.17, 15) is 15.2 Å². The van der Waals surface area contributed by atoms with Crippen molar-refractivity contribution in [2.45, 2.75) is 6.92 Å². The summed E-state index contributed by atoms with van der Waals surface area (Å²) in [5, 5.41) is 20.5. The van der Waals surface area contributed by atoms with Crippen molar-refractivity contribution in [2.24, 2.45) is 0 Å². The van der Waals surface area contributed by atoms with Gasteiger partial charge >= 0.3 is 0 Å². The molecule has 0 saturated carbocycles. The molecule has 0 aromatic heterocycles. The van der Waals surface area contributed by atoms with E-state index in [2.05, 4.69) is 6.72 Å². The van der Waals surface area contributed by atoms with Crippen LogP contribution in [0.5, 0.6) is 5.75 Å². The first-order valence-corrected chi connectivity index (χ1v) is 5.96. The van der Waals surface area contributed by atoms with Crippen molar-refractivity contribution < 1.29 is 14.6 Å². The quantitative estimate of drug-likeness (QED) is 0.305. The second-order valence-corrected chi connectivity index (χ2v) is 4.39. The van der Waals surface area contributed by atoms with Gasteiger partial charge in [0, 0.05) is 6.07 Å². The molecule has 1 N–H and O–H groups in total. The van der Waals surface area contributed by atoms with Crippen LogP contribution in [0.1, 0.15) is 11.1 Å². The molecule has 20 heavy (non-hydrogen) atoms. The monoisotopic (exact) mass is 270 g/mol. The van der Waals surface area contributed by atoms with Gasteiger partial charge in [0.25, 0.3) is 0 Å². The Bertz CT molecular complexity index is 681. The van der Waals surface area contributed by atoms with Crippen LogP contribution in [-0.2, 0) is 0 Å². The van der Waals surface area contributed by atoms with Crippen molar-refractivity contribution in [1.82, 2.24) is 0 Å². The van der Waals surface area contributed by atoms with E-state index < -0.39 is 4.92 Å². The Morgan fingerprint density at radius 1 is 1.25 bits per heavy atom. The first-order chi connectivity index (χ1) is 9.49. The van der Waals surface area contributed by atoms with E-state index in [1.807, 2.05) is 31.2 Å². The van der Waals surface area contributed by atoms with Crippen LogP contribution in [0.4, 0.5) is 11.4 Å². The first kappa shape index (κ1) is 13.6. The number of rotatable bonds is 4. The van der Waals surface area contributed by atoms with Crippen LogP contribution in [0.2, 0.25) is 0 Å². The maximum absolute atomic E-state index is 10.8. The number of aryl methyl sites for hydroxylation is 1. The van der Waals surface area contributed by atoms with Gasteiger partial charge in [0.2, 0.25) is 5.69 Å². The second kappa shape index (κ2) is 5.44. The molecule has 0 aliphatic heterocycles. The van der Waals surface area contributed by atoms with E-state index in [4.69, 9.17) is 0 Å². The Balaban J connectivity index is 2.30. The van der Waals surface area contributed by atoms with Gasteiger partial charge < -0.3 is 5.11 Å². The number of non-ortho nitro benzene ring substituents is 1. The normalized spacial score (nSPS) is 10.1. The lowest BCUT2D eigenvalue weighted by Crippen LogP contribution is -2.02. The molecule has 0 aliphatic rings. The Kier molecular flexibility index (Phi) is 3.70. The summed E-state index contributed by atoms with van der Waals surface area (Å²) in [6, 6.07) is 11.5. The van der Waals surface area contributed by atoms with Crippen molar-refractivity contribution in [2.75, 3.05) is 0 Å². The number of aromatic hydroxyl groups is 1. The molecule has 2 aromatic rings. The minimum absolute atomic E-state index is 0.0298. The summed E-state index contributed by atoms with van der Waals surface area (Å²) in [7, 11) is 0. The lowest BCUT2D eigenvalue weighted by Gasteiger charge is -2.11. The summed E-state index contributed by atoms with van der Waals surface area (Å²) in [4.78, 5) is 10.3. The maximum atomic E-state index is 10.8. The zero-order chi connectivity index (χ0) is 14.7. The average Bonchev–Trinajstić information content (AvgIpc) is 2.41. The summed E-state index contributed by atoms with van der Waals surface area (Å²) >= 11 is 0. The summed E-state index contributed by atoms with van der Waals surface area (Å²) in [6.45, 7) is 7.38. The molecule has 0 bridgehead atoms. The van der Waals surface area contributed by atoms with Crippen LogP contribution in [-0.4, -0.2) is 21.3 Å². The van der Waals surface area contributed by atoms with Gasteiger partial charge in [0.1, 0.15) is 6.54 Å². The second-order valence-electron chi connectivity index (χ2n) is 4.39. The van der Waals surface area contributed by atoms with Gasteiger partial charge in [-0.15, -0.1) is 0 Å². The number of para-hydroxylation sites is 1. The molecular formula is C15H14N2O3.